The monoisotopic (exact) mass is 265 g/mol. The van der Waals surface area contributed by atoms with Crippen LogP contribution in [0.4, 0.5) is 0 Å². The minimum Gasteiger partial charge on any atom is -0.496 e. The topological polar surface area (TPSA) is 72.6 Å². The van der Waals surface area contributed by atoms with Crippen LogP contribution in [0.1, 0.15) is 17.2 Å². The Balaban J connectivity index is 0.00000225. The lowest BCUT2D eigenvalue weighted by Gasteiger charge is -2.15. The van der Waals surface area contributed by atoms with Crippen LogP contribution in [0.2, 0.25) is 5.02 Å². The standard InChI is InChI=1S/C10H12ClNO3.ClH/c1-5-6(11)3-4-7(15-2)8(5)9(13)10(12)14;/h3-4,9,13H,1-2H3,(H2,12,14);1H. The van der Waals surface area contributed by atoms with Crippen molar-refractivity contribution >= 4 is 29.9 Å². The SMILES string of the molecule is COc1ccc(Cl)c(C)c1C(O)C(N)=O.Cl. The van der Waals surface area contributed by atoms with E-state index in [9.17, 15) is 9.90 Å². The summed E-state index contributed by atoms with van der Waals surface area (Å²) in [5.74, 6) is -0.443. The van der Waals surface area contributed by atoms with Crippen LogP contribution in [0, 0.1) is 6.92 Å². The van der Waals surface area contributed by atoms with Crippen molar-refractivity contribution in [3.8, 4) is 5.75 Å². The molecule has 1 atom stereocenters. The summed E-state index contributed by atoms with van der Waals surface area (Å²) in [5, 5.41) is 10.1. The van der Waals surface area contributed by atoms with Crippen molar-refractivity contribution in [2.24, 2.45) is 5.73 Å². The summed E-state index contributed by atoms with van der Waals surface area (Å²) in [5.41, 5.74) is 5.93. The van der Waals surface area contributed by atoms with Gasteiger partial charge in [-0.1, -0.05) is 11.6 Å². The Kier molecular flexibility index (Phi) is 5.58. The Morgan fingerprint density at radius 2 is 2.12 bits per heavy atom. The van der Waals surface area contributed by atoms with Crippen molar-refractivity contribution in [3.05, 3.63) is 28.3 Å². The second kappa shape index (κ2) is 5.94. The quantitative estimate of drug-likeness (QED) is 0.872. The van der Waals surface area contributed by atoms with E-state index in [4.69, 9.17) is 22.1 Å². The van der Waals surface area contributed by atoms with Gasteiger partial charge in [0, 0.05) is 10.6 Å². The van der Waals surface area contributed by atoms with Crippen molar-refractivity contribution in [2.45, 2.75) is 13.0 Å². The second-order valence-corrected chi connectivity index (χ2v) is 3.50. The minimum atomic E-state index is -1.40. The molecular weight excluding hydrogens is 253 g/mol. The summed E-state index contributed by atoms with van der Waals surface area (Å²) in [6.45, 7) is 1.69. The van der Waals surface area contributed by atoms with E-state index in [1.165, 1.54) is 7.11 Å². The lowest BCUT2D eigenvalue weighted by Crippen LogP contribution is -2.22. The van der Waals surface area contributed by atoms with Gasteiger partial charge in [0.25, 0.3) is 5.91 Å². The highest BCUT2D eigenvalue weighted by atomic mass is 35.5. The first-order valence-corrected chi connectivity index (χ1v) is 4.67. The zero-order valence-electron chi connectivity index (χ0n) is 8.86. The number of methoxy groups -OCH3 is 1. The van der Waals surface area contributed by atoms with Crippen LogP contribution in [-0.4, -0.2) is 18.1 Å². The van der Waals surface area contributed by atoms with Crippen molar-refractivity contribution in [1.29, 1.82) is 0 Å². The third-order valence-electron chi connectivity index (χ3n) is 2.17. The number of carbonyl (C=O) groups is 1. The van der Waals surface area contributed by atoms with Gasteiger partial charge in [0.2, 0.25) is 0 Å². The van der Waals surface area contributed by atoms with Crippen LogP contribution in [0.5, 0.6) is 5.75 Å². The number of halogens is 2. The average Bonchev–Trinajstić information content (AvgIpc) is 2.20. The van der Waals surface area contributed by atoms with E-state index in [-0.39, 0.29) is 12.4 Å². The highest BCUT2D eigenvalue weighted by molar-refractivity contribution is 6.31. The first kappa shape index (κ1) is 15.0. The Morgan fingerprint density at radius 3 is 2.56 bits per heavy atom. The van der Waals surface area contributed by atoms with Gasteiger partial charge in [-0.2, -0.15) is 0 Å². The van der Waals surface area contributed by atoms with Gasteiger partial charge in [-0.15, -0.1) is 12.4 Å². The number of benzene rings is 1. The molecule has 0 aliphatic heterocycles. The largest absolute Gasteiger partial charge is 0.496 e. The normalized spacial score (nSPS) is 11.5. The molecule has 1 amide bonds. The molecule has 0 saturated heterocycles. The summed E-state index contributed by atoms with van der Waals surface area (Å²) in [6, 6.07) is 3.21. The Bertz CT molecular complexity index is 396. The fourth-order valence-electron chi connectivity index (χ4n) is 1.34. The molecule has 0 spiro atoms. The fourth-order valence-corrected chi connectivity index (χ4v) is 1.50. The lowest BCUT2D eigenvalue weighted by atomic mass is 10.0. The summed E-state index contributed by atoms with van der Waals surface area (Å²) in [6.07, 6.45) is -1.40. The molecule has 0 heterocycles. The number of primary amides is 1. The zero-order chi connectivity index (χ0) is 11.6. The zero-order valence-corrected chi connectivity index (χ0v) is 10.4. The third-order valence-corrected chi connectivity index (χ3v) is 2.58. The van der Waals surface area contributed by atoms with Gasteiger partial charge in [-0.05, 0) is 24.6 Å². The molecule has 0 aromatic heterocycles. The van der Waals surface area contributed by atoms with Crippen molar-refractivity contribution in [2.75, 3.05) is 7.11 Å². The molecule has 0 aliphatic rings. The number of amides is 1. The number of carbonyl (C=O) groups excluding carboxylic acids is 1. The van der Waals surface area contributed by atoms with Crippen LogP contribution in [0.15, 0.2) is 12.1 Å². The van der Waals surface area contributed by atoms with E-state index < -0.39 is 12.0 Å². The van der Waals surface area contributed by atoms with E-state index in [0.29, 0.717) is 21.9 Å². The summed E-state index contributed by atoms with van der Waals surface area (Å²) < 4.78 is 5.03. The van der Waals surface area contributed by atoms with E-state index in [0.717, 1.165) is 0 Å². The molecule has 0 aliphatic carbocycles. The first-order chi connectivity index (χ1) is 6.99. The van der Waals surface area contributed by atoms with Crippen LogP contribution in [0.3, 0.4) is 0 Å². The summed E-state index contributed by atoms with van der Waals surface area (Å²) in [4.78, 5) is 10.9. The number of aliphatic hydroxyl groups is 1. The van der Waals surface area contributed by atoms with Crippen LogP contribution >= 0.6 is 24.0 Å². The molecule has 3 N–H and O–H groups in total. The average molecular weight is 266 g/mol. The maximum Gasteiger partial charge on any atom is 0.251 e. The molecular formula is C10H13Cl2NO3. The number of aliphatic hydroxyl groups excluding tert-OH is 1. The smallest absolute Gasteiger partial charge is 0.251 e. The Hall–Kier alpha value is -0.970. The van der Waals surface area contributed by atoms with E-state index in [2.05, 4.69) is 0 Å². The van der Waals surface area contributed by atoms with Gasteiger partial charge in [0.05, 0.1) is 7.11 Å². The molecule has 1 aromatic rings. The molecule has 16 heavy (non-hydrogen) atoms. The molecule has 0 bridgehead atoms. The summed E-state index contributed by atoms with van der Waals surface area (Å²) in [7, 11) is 1.44. The number of nitrogens with two attached hydrogens (primary N) is 1. The van der Waals surface area contributed by atoms with Crippen molar-refractivity contribution in [1.82, 2.24) is 0 Å². The van der Waals surface area contributed by atoms with Gasteiger partial charge in [-0.3, -0.25) is 4.79 Å². The Morgan fingerprint density at radius 1 is 1.56 bits per heavy atom. The van der Waals surface area contributed by atoms with E-state index in [1.54, 1.807) is 19.1 Å². The van der Waals surface area contributed by atoms with Gasteiger partial charge in [0.15, 0.2) is 6.10 Å². The predicted molar refractivity (Wildman–Crippen MR) is 64.1 cm³/mol. The van der Waals surface area contributed by atoms with Crippen molar-refractivity contribution < 1.29 is 14.6 Å². The predicted octanol–water partition coefficient (Wildman–Crippen LogP) is 1.60. The number of rotatable bonds is 3. The van der Waals surface area contributed by atoms with E-state index in [1.807, 2.05) is 0 Å². The molecule has 0 saturated carbocycles. The molecule has 0 fully saturated rings. The minimum absolute atomic E-state index is 0. The molecule has 1 unspecified atom stereocenters. The van der Waals surface area contributed by atoms with Crippen LogP contribution in [-0.2, 0) is 4.79 Å². The molecule has 1 rings (SSSR count). The molecule has 6 heteroatoms. The van der Waals surface area contributed by atoms with Gasteiger partial charge < -0.3 is 15.6 Å². The highest BCUT2D eigenvalue weighted by Gasteiger charge is 2.22. The van der Waals surface area contributed by atoms with Crippen LogP contribution in [0.25, 0.3) is 0 Å². The van der Waals surface area contributed by atoms with Gasteiger partial charge in [0.1, 0.15) is 5.75 Å². The number of hydrogen-bond donors (Lipinski definition) is 2. The molecule has 90 valence electrons. The van der Waals surface area contributed by atoms with E-state index >= 15 is 0 Å². The molecule has 0 radical (unpaired) electrons. The van der Waals surface area contributed by atoms with Gasteiger partial charge >= 0.3 is 0 Å². The summed E-state index contributed by atoms with van der Waals surface area (Å²) >= 11 is 5.87. The van der Waals surface area contributed by atoms with Gasteiger partial charge in [-0.25, -0.2) is 0 Å². The maximum atomic E-state index is 10.9. The maximum absolute atomic E-state index is 10.9. The number of hydrogen-bond acceptors (Lipinski definition) is 3. The molecule has 4 nitrogen and oxygen atoms in total. The first-order valence-electron chi connectivity index (χ1n) is 4.29. The van der Waals surface area contributed by atoms with Crippen molar-refractivity contribution in [3.63, 3.8) is 0 Å². The Labute approximate surface area is 105 Å². The lowest BCUT2D eigenvalue weighted by molar-refractivity contribution is -0.126. The second-order valence-electron chi connectivity index (χ2n) is 3.09. The number of ether oxygens (including phenoxy) is 1. The van der Waals surface area contributed by atoms with Crippen LogP contribution < -0.4 is 10.5 Å². The molecule has 1 aromatic carbocycles. The highest BCUT2D eigenvalue weighted by Crippen LogP contribution is 2.32. The third kappa shape index (κ3) is 2.78. The fraction of sp³-hybridized carbons (Fsp3) is 0.300.